The van der Waals surface area contributed by atoms with Crippen molar-refractivity contribution in [3.63, 3.8) is 0 Å². The SMILES string of the molecule is COc1ccc(C)c(S(=O)(=O)N2CCC[C@@H]2C(=O)Nc2ccc(Cl)cc2C(F)(F)F)c1. The molecule has 1 fully saturated rings. The number of carbonyl (C=O) groups excluding carboxylic acids is 1. The van der Waals surface area contributed by atoms with Gasteiger partial charge in [0.25, 0.3) is 0 Å². The van der Waals surface area contributed by atoms with Gasteiger partial charge in [0.2, 0.25) is 15.9 Å². The normalized spacial score (nSPS) is 17.5. The molecule has 6 nitrogen and oxygen atoms in total. The molecule has 1 amide bonds. The van der Waals surface area contributed by atoms with Crippen LogP contribution in [0, 0.1) is 6.92 Å². The minimum absolute atomic E-state index is 0.0194. The molecule has 1 aliphatic rings. The number of anilines is 1. The molecule has 2 aromatic rings. The fourth-order valence-corrected chi connectivity index (χ4v) is 5.55. The topological polar surface area (TPSA) is 75.7 Å². The molecule has 0 bridgehead atoms. The molecule has 0 radical (unpaired) electrons. The molecule has 0 aliphatic carbocycles. The van der Waals surface area contributed by atoms with Crippen LogP contribution in [0.5, 0.6) is 5.75 Å². The number of aryl methyl sites for hydroxylation is 1. The molecular formula is C20H20ClF3N2O4S. The van der Waals surface area contributed by atoms with Crippen molar-refractivity contribution in [3.05, 3.63) is 52.5 Å². The number of halogens is 4. The summed E-state index contributed by atoms with van der Waals surface area (Å²) in [6.07, 6.45) is -4.16. The first kappa shape index (κ1) is 23.4. The predicted octanol–water partition coefficient (Wildman–Crippen LogP) is 4.47. The molecule has 0 spiro atoms. The van der Waals surface area contributed by atoms with Gasteiger partial charge < -0.3 is 10.1 Å². The summed E-state index contributed by atoms with van der Waals surface area (Å²) < 4.78 is 72.6. The molecule has 1 aliphatic heterocycles. The monoisotopic (exact) mass is 476 g/mol. The Labute approximate surface area is 183 Å². The van der Waals surface area contributed by atoms with Gasteiger partial charge in [0.05, 0.1) is 23.3 Å². The van der Waals surface area contributed by atoms with Gasteiger partial charge in [-0.2, -0.15) is 17.5 Å². The summed E-state index contributed by atoms with van der Waals surface area (Å²) in [5, 5.41) is 2.09. The zero-order valence-electron chi connectivity index (χ0n) is 16.7. The Balaban J connectivity index is 1.92. The number of rotatable bonds is 5. The Bertz CT molecular complexity index is 1110. The van der Waals surface area contributed by atoms with Crippen LogP contribution in [0.25, 0.3) is 0 Å². The number of nitrogens with one attached hydrogen (secondary N) is 1. The maximum Gasteiger partial charge on any atom is 0.418 e. The van der Waals surface area contributed by atoms with Crippen LogP contribution in [0.1, 0.15) is 24.0 Å². The highest BCUT2D eigenvalue weighted by Gasteiger charge is 2.41. The summed E-state index contributed by atoms with van der Waals surface area (Å²) in [7, 11) is -2.68. The summed E-state index contributed by atoms with van der Waals surface area (Å²) in [5.74, 6) is -0.505. The second-order valence-electron chi connectivity index (χ2n) is 7.08. The van der Waals surface area contributed by atoms with E-state index in [2.05, 4.69) is 5.32 Å². The molecule has 1 saturated heterocycles. The lowest BCUT2D eigenvalue weighted by molar-refractivity contribution is -0.137. The lowest BCUT2D eigenvalue weighted by atomic mass is 10.1. The van der Waals surface area contributed by atoms with Crippen LogP contribution in [0.2, 0.25) is 5.02 Å². The van der Waals surface area contributed by atoms with E-state index < -0.39 is 39.4 Å². The number of benzene rings is 2. The van der Waals surface area contributed by atoms with E-state index in [1.807, 2.05) is 0 Å². The quantitative estimate of drug-likeness (QED) is 0.691. The van der Waals surface area contributed by atoms with Crippen LogP contribution in [-0.4, -0.2) is 38.3 Å². The Morgan fingerprint density at radius 1 is 1.23 bits per heavy atom. The Hall–Kier alpha value is -2.30. The van der Waals surface area contributed by atoms with E-state index >= 15 is 0 Å². The molecular weight excluding hydrogens is 457 g/mol. The Morgan fingerprint density at radius 2 is 1.94 bits per heavy atom. The number of ether oxygens (including phenoxy) is 1. The van der Waals surface area contributed by atoms with Gasteiger partial charge in [-0.15, -0.1) is 0 Å². The number of carbonyl (C=O) groups is 1. The molecule has 11 heteroatoms. The number of sulfonamides is 1. The molecule has 31 heavy (non-hydrogen) atoms. The first-order chi connectivity index (χ1) is 14.4. The van der Waals surface area contributed by atoms with Crippen LogP contribution in [-0.2, 0) is 21.0 Å². The van der Waals surface area contributed by atoms with Gasteiger partial charge in [-0.1, -0.05) is 17.7 Å². The van der Waals surface area contributed by atoms with Crippen LogP contribution in [0.15, 0.2) is 41.3 Å². The van der Waals surface area contributed by atoms with Gasteiger partial charge in [0, 0.05) is 17.6 Å². The van der Waals surface area contributed by atoms with Gasteiger partial charge >= 0.3 is 6.18 Å². The van der Waals surface area contributed by atoms with Crippen molar-refractivity contribution in [3.8, 4) is 5.75 Å². The zero-order valence-corrected chi connectivity index (χ0v) is 18.2. The summed E-state index contributed by atoms with van der Waals surface area (Å²) in [4.78, 5) is 12.8. The average molecular weight is 477 g/mol. The smallest absolute Gasteiger partial charge is 0.418 e. The largest absolute Gasteiger partial charge is 0.497 e. The van der Waals surface area contributed by atoms with Crippen LogP contribution >= 0.6 is 11.6 Å². The molecule has 1 N–H and O–H groups in total. The Morgan fingerprint density at radius 3 is 2.58 bits per heavy atom. The van der Waals surface area contributed by atoms with Gasteiger partial charge in [-0.25, -0.2) is 8.42 Å². The van der Waals surface area contributed by atoms with Crippen molar-refractivity contribution in [2.75, 3.05) is 19.0 Å². The molecule has 2 aromatic carbocycles. The van der Waals surface area contributed by atoms with Gasteiger partial charge in [-0.05, 0) is 49.6 Å². The van der Waals surface area contributed by atoms with Crippen molar-refractivity contribution in [1.29, 1.82) is 0 Å². The first-order valence-corrected chi connectivity index (χ1v) is 11.1. The number of hydrogen-bond acceptors (Lipinski definition) is 4. The van der Waals surface area contributed by atoms with Gasteiger partial charge in [0.15, 0.2) is 0 Å². The highest BCUT2D eigenvalue weighted by molar-refractivity contribution is 7.89. The van der Waals surface area contributed by atoms with Gasteiger partial charge in [0.1, 0.15) is 11.8 Å². The first-order valence-electron chi connectivity index (χ1n) is 9.29. The molecule has 1 atom stereocenters. The van der Waals surface area contributed by atoms with Crippen LogP contribution in [0.4, 0.5) is 18.9 Å². The maximum absolute atomic E-state index is 13.3. The third-order valence-electron chi connectivity index (χ3n) is 5.03. The maximum atomic E-state index is 13.3. The van der Waals surface area contributed by atoms with E-state index in [4.69, 9.17) is 16.3 Å². The second kappa shape index (κ2) is 8.68. The summed E-state index contributed by atoms with van der Waals surface area (Å²) in [6.45, 7) is 1.69. The van der Waals surface area contributed by atoms with Crippen molar-refractivity contribution in [1.82, 2.24) is 4.31 Å². The van der Waals surface area contributed by atoms with Crippen molar-refractivity contribution >= 4 is 33.2 Å². The number of nitrogens with zero attached hydrogens (tertiary/aromatic N) is 1. The Kier molecular flexibility index (Phi) is 6.54. The fourth-order valence-electron chi connectivity index (χ4n) is 3.48. The van der Waals surface area contributed by atoms with E-state index in [-0.39, 0.29) is 22.9 Å². The van der Waals surface area contributed by atoms with E-state index in [0.29, 0.717) is 23.8 Å². The standard InChI is InChI=1S/C20H20ClF3N2O4S/c1-12-5-7-14(30-2)11-18(12)31(28,29)26-9-3-4-17(26)19(27)25-16-8-6-13(21)10-15(16)20(22,23)24/h5-8,10-11,17H,3-4,9H2,1-2H3,(H,25,27)/t17-/m1/s1. The highest BCUT2D eigenvalue weighted by Crippen LogP contribution is 2.37. The third-order valence-corrected chi connectivity index (χ3v) is 7.32. The minimum Gasteiger partial charge on any atom is -0.497 e. The van der Waals surface area contributed by atoms with Gasteiger partial charge in [-0.3, -0.25) is 4.79 Å². The molecule has 0 saturated carbocycles. The van der Waals surface area contributed by atoms with E-state index in [1.54, 1.807) is 19.1 Å². The van der Waals surface area contributed by atoms with E-state index in [0.717, 1.165) is 10.4 Å². The molecule has 3 rings (SSSR count). The molecule has 0 unspecified atom stereocenters. The minimum atomic E-state index is -4.74. The lowest BCUT2D eigenvalue weighted by Crippen LogP contribution is -2.43. The molecule has 1 heterocycles. The van der Waals surface area contributed by atoms with Crippen molar-refractivity contribution in [2.45, 2.75) is 36.9 Å². The van der Waals surface area contributed by atoms with E-state index in [1.165, 1.54) is 19.2 Å². The highest BCUT2D eigenvalue weighted by atomic mass is 35.5. The molecule has 0 aromatic heterocycles. The summed E-state index contributed by atoms with van der Waals surface area (Å²) in [6, 6.07) is 6.38. The van der Waals surface area contributed by atoms with Crippen LogP contribution in [0.3, 0.4) is 0 Å². The second-order valence-corrected chi connectivity index (χ2v) is 9.38. The number of amides is 1. The van der Waals surface area contributed by atoms with E-state index in [9.17, 15) is 26.4 Å². The number of methoxy groups -OCH3 is 1. The third kappa shape index (κ3) is 4.81. The number of alkyl halides is 3. The van der Waals surface area contributed by atoms with Crippen LogP contribution < -0.4 is 10.1 Å². The predicted molar refractivity (Wildman–Crippen MR) is 110 cm³/mol. The average Bonchev–Trinajstić information content (AvgIpc) is 3.20. The summed E-state index contributed by atoms with van der Waals surface area (Å²) in [5.41, 5.74) is -1.13. The van der Waals surface area contributed by atoms with Crippen molar-refractivity contribution in [2.24, 2.45) is 0 Å². The zero-order chi connectivity index (χ0) is 23.0. The number of hydrogen-bond donors (Lipinski definition) is 1. The van der Waals surface area contributed by atoms with Crippen molar-refractivity contribution < 1.29 is 31.1 Å². The fraction of sp³-hybridized carbons (Fsp3) is 0.350. The lowest BCUT2D eigenvalue weighted by Gasteiger charge is -2.25. The molecule has 168 valence electrons. The summed E-state index contributed by atoms with van der Waals surface area (Å²) >= 11 is 5.67.